The first kappa shape index (κ1) is 20.1. The summed E-state index contributed by atoms with van der Waals surface area (Å²) in [5.41, 5.74) is 1.41. The Kier molecular flexibility index (Phi) is 7.07. The minimum absolute atomic E-state index is 0.0812. The Hall–Kier alpha value is -3.20. The van der Waals surface area contributed by atoms with Gasteiger partial charge in [0.2, 0.25) is 5.78 Å². The molecule has 0 saturated heterocycles. The quantitative estimate of drug-likeness (QED) is 0.371. The van der Waals surface area contributed by atoms with Crippen molar-refractivity contribution >= 4 is 11.9 Å². The molecule has 0 aliphatic carbocycles. The highest BCUT2D eigenvalue weighted by Crippen LogP contribution is 2.34. The van der Waals surface area contributed by atoms with E-state index in [1.807, 2.05) is 18.2 Å². The number of alkyl halides is 2. The Morgan fingerprint density at radius 3 is 2.48 bits per heavy atom. The third-order valence-corrected chi connectivity index (χ3v) is 3.86. The molecule has 0 aliphatic heterocycles. The molecule has 0 aromatic heterocycles. The first-order chi connectivity index (χ1) is 13.0. The normalized spacial score (nSPS) is 11.2. The molecule has 0 N–H and O–H groups in total. The van der Waals surface area contributed by atoms with Crippen molar-refractivity contribution in [3.63, 3.8) is 0 Å². The molecule has 0 fully saturated rings. The van der Waals surface area contributed by atoms with Gasteiger partial charge >= 0.3 is 6.61 Å². The SMILES string of the molecule is CCCc1ccc(C(=O)/C(C#N)=C/c2cccc(OC)c2OC(F)F)cc1. The van der Waals surface area contributed by atoms with Crippen molar-refractivity contribution in [1.29, 1.82) is 5.26 Å². The van der Waals surface area contributed by atoms with E-state index in [4.69, 9.17) is 4.74 Å². The van der Waals surface area contributed by atoms with Gasteiger partial charge in [-0.05, 0) is 24.1 Å². The molecule has 2 aromatic rings. The lowest BCUT2D eigenvalue weighted by Gasteiger charge is -2.12. The zero-order valence-electron chi connectivity index (χ0n) is 15.0. The van der Waals surface area contributed by atoms with E-state index in [1.54, 1.807) is 18.2 Å². The van der Waals surface area contributed by atoms with Crippen LogP contribution in [0, 0.1) is 11.3 Å². The van der Waals surface area contributed by atoms with Gasteiger partial charge in [0.25, 0.3) is 0 Å². The zero-order valence-corrected chi connectivity index (χ0v) is 15.0. The molecular weight excluding hydrogens is 352 g/mol. The van der Waals surface area contributed by atoms with Crippen LogP contribution in [0.15, 0.2) is 48.0 Å². The fraction of sp³-hybridized carbons (Fsp3) is 0.238. The van der Waals surface area contributed by atoms with E-state index in [-0.39, 0.29) is 22.6 Å². The Balaban J connectivity index is 2.40. The van der Waals surface area contributed by atoms with E-state index in [1.165, 1.54) is 25.3 Å². The molecule has 0 heterocycles. The molecule has 6 heteroatoms. The molecule has 0 saturated carbocycles. The predicted molar refractivity (Wildman–Crippen MR) is 98.0 cm³/mol. The summed E-state index contributed by atoms with van der Waals surface area (Å²) in [7, 11) is 1.31. The number of hydrogen-bond donors (Lipinski definition) is 0. The number of hydrogen-bond acceptors (Lipinski definition) is 4. The van der Waals surface area contributed by atoms with Crippen LogP contribution in [0.3, 0.4) is 0 Å². The molecule has 0 amide bonds. The van der Waals surface area contributed by atoms with Crippen LogP contribution in [0.2, 0.25) is 0 Å². The van der Waals surface area contributed by atoms with E-state index >= 15 is 0 Å². The number of para-hydroxylation sites is 1. The highest BCUT2D eigenvalue weighted by Gasteiger charge is 2.17. The van der Waals surface area contributed by atoms with E-state index < -0.39 is 12.4 Å². The molecule has 2 aromatic carbocycles. The summed E-state index contributed by atoms with van der Waals surface area (Å²) in [6.07, 6.45) is 3.11. The number of methoxy groups -OCH3 is 1. The van der Waals surface area contributed by atoms with Crippen LogP contribution in [-0.4, -0.2) is 19.5 Å². The molecule has 0 atom stereocenters. The Morgan fingerprint density at radius 1 is 1.22 bits per heavy atom. The average Bonchev–Trinajstić information content (AvgIpc) is 2.67. The fourth-order valence-corrected chi connectivity index (χ4v) is 2.59. The fourth-order valence-electron chi connectivity index (χ4n) is 2.59. The first-order valence-corrected chi connectivity index (χ1v) is 8.37. The van der Waals surface area contributed by atoms with Crippen LogP contribution in [0.1, 0.15) is 34.8 Å². The van der Waals surface area contributed by atoms with Crippen molar-refractivity contribution in [2.75, 3.05) is 7.11 Å². The number of nitrogens with zero attached hydrogens (tertiary/aromatic N) is 1. The Labute approximate surface area is 156 Å². The van der Waals surface area contributed by atoms with Gasteiger partial charge in [0.1, 0.15) is 11.6 Å². The second-order valence-corrected chi connectivity index (χ2v) is 5.70. The largest absolute Gasteiger partial charge is 0.493 e. The summed E-state index contributed by atoms with van der Waals surface area (Å²) in [6, 6.07) is 13.3. The maximum absolute atomic E-state index is 12.7. The van der Waals surface area contributed by atoms with Crippen molar-refractivity contribution in [3.8, 4) is 17.6 Å². The lowest BCUT2D eigenvalue weighted by atomic mass is 9.99. The Morgan fingerprint density at radius 2 is 1.93 bits per heavy atom. The number of halogens is 2. The maximum atomic E-state index is 12.7. The number of carbonyl (C=O) groups is 1. The van der Waals surface area contributed by atoms with Crippen molar-refractivity contribution in [2.24, 2.45) is 0 Å². The summed E-state index contributed by atoms with van der Waals surface area (Å²) >= 11 is 0. The number of rotatable bonds is 8. The second kappa shape index (κ2) is 9.48. The molecular formula is C21H19F2NO3. The number of carbonyl (C=O) groups excluding carboxylic acids is 1. The highest BCUT2D eigenvalue weighted by molar-refractivity contribution is 6.14. The van der Waals surface area contributed by atoms with Gasteiger partial charge in [-0.15, -0.1) is 0 Å². The van der Waals surface area contributed by atoms with E-state index in [0.29, 0.717) is 5.56 Å². The van der Waals surface area contributed by atoms with Crippen molar-refractivity contribution < 1.29 is 23.0 Å². The lowest BCUT2D eigenvalue weighted by Crippen LogP contribution is -2.06. The maximum Gasteiger partial charge on any atom is 0.387 e. The molecule has 140 valence electrons. The minimum Gasteiger partial charge on any atom is -0.493 e. The summed E-state index contributed by atoms with van der Waals surface area (Å²) in [5, 5.41) is 9.40. The highest BCUT2D eigenvalue weighted by atomic mass is 19.3. The average molecular weight is 371 g/mol. The van der Waals surface area contributed by atoms with Crippen LogP contribution in [0.4, 0.5) is 8.78 Å². The molecule has 0 bridgehead atoms. The number of Topliss-reactive ketones (excluding diaryl/α,β-unsaturated/α-hetero) is 1. The number of nitriles is 1. The Bertz CT molecular complexity index is 868. The van der Waals surface area contributed by atoms with Crippen LogP contribution < -0.4 is 9.47 Å². The van der Waals surface area contributed by atoms with Crippen LogP contribution in [0.25, 0.3) is 6.08 Å². The van der Waals surface area contributed by atoms with E-state index in [2.05, 4.69) is 11.7 Å². The summed E-state index contributed by atoms with van der Waals surface area (Å²) in [4.78, 5) is 12.6. The number of allylic oxidation sites excluding steroid dienone is 1. The summed E-state index contributed by atoms with van der Waals surface area (Å²) in [6.45, 7) is -1.01. The third kappa shape index (κ3) is 5.14. The monoisotopic (exact) mass is 371 g/mol. The van der Waals surface area contributed by atoms with Gasteiger partial charge in [-0.25, -0.2) is 0 Å². The molecule has 27 heavy (non-hydrogen) atoms. The molecule has 0 aliphatic rings. The van der Waals surface area contributed by atoms with Crippen molar-refractivity contribution in [3.05, 3.63) is 64.7 Å². The summed E-state index contributed by atoms with van der Waals surface area (Å²) in [5.74, 6) is -0.641. The topological polar surface area (TPSA) is 59.3 Å². The number of benzene rings is 2. The predicted octanol–water partition coefficient (Wildman–Crippen LogP) is 5.04. The molecule has 4 nitrogen and oxygen atoms in total. The smallest absolute Gasteiger partial charge is 0.387 e. The molecule has 0 unspecified atom stereocenters. The molecule has 2 rings (SSSR count). The van der Waals surface area contributed by atoms with Gasteiger partial charge in [0.05, 0.1) is 7.11 Å². The molecule has 0 radical (unpaired) electrons. The number of ketones is 1. The third-order valence-electron chi connectivity index (χ3n) is 3.86. The summed E-state index contributed by atoms with van der Waals surface area (Å²) < 4.78 is 35.0. The van der Waals surface area contributed by atoms with Crippen LogP contribution >= 0.6 is 0 Å². The van der Waals surface area contributed by atoms with E-state index in [9.17, 15) is 18.8 Å². The number of aryl methyl sites for hydroxylation is 1. The number of ether oxygens (including phenoxy) is 2. The van der Waals surface area contributed by atoms with Crippen LogP contribution in [0.5, 0.6) is 11.5 Å². The van der Waals surface area contributed by atoms with Gasteiger partial charge in [-0.2, -0.15) is 14.0 Å². The van der Waals surface area contributed by atoms with Crippen molar-refractivity contribution in [1.82, 2.24) is 0 Å². The van der Waals surface area contributed by atoms with Gasteiger partial charge in [-0.3, -0.25) is 4.79 Å². The van der Waals surface area contributed by atoms with Gasteiger partial charge in [0.15, 0.2) is 11.5 Å². The standard InChI is InChI=1S/C21H19F2NO3/c1-3-5-14-8-10-15(11-9-14)19(25)17(13-24)12-16-6-4-7-18(26-2)20(16)27-21(22)23/h4,6-12,21H,3,5H2,1-2H3/b17-12+. The molecule has 0 spiro atoms. The van der Waals surface area contributed by atoms with Gasteiger partial charge < -0.3 is 9.47 Å². The van der Waals surface area contributed by atoms with Gasteiger partial charge in [-0.1, -0.05) is 49.7 Å². The van der Waals surface area contributed by atoms with Crippen molar-refractivity contribution in [2.45, 2.75) is 26.4 Å². The minimum atomic E-state index is -3.07. The van der Waals surface area contributed by atoms with Gasteiger partial charge in [0, 0.05) is 11.1 Å². The van der Waals surface area contributed by atoms with E-state index in [0.717, 1.165) is 18.4 Å². The van der Waals surface area contributed by atoms with Crippen LogP contribution in [-0.2, 0) is 6.42 Å². The first-order valence-electron chi connectivity index (χ1n) is 8.37. The lowest BCUT2D eigenvalue weighted by molar-refractivity contribution is -0.0513. The zero-order chi connectivity index (χ0) is 19.8. The second-order valence-electron chi connectivity index (χ2n) is 5.70.